The highest BCUT2D eigenvalue weighted by Crippen LogP contribution is 2.34. The fourth-order valence-corrected chi connectivity index (χ4v) is 2.05. The first-order chi connectivity index (χ1) is 13.3. The molecule has 0 radical (unpaired) electrons. The van der Waals surface area contributed by atoms with E-state index in [1.54, 1.807) is 0 Å². The number of pyridine rings is 1. The van der Waals surface area contributed by atoms with Crippen molar-refractivity contribution < 1.29 is 31.4 Å². The second-order valence-electron chi connectivity index (χ2n) is 6.33. The van der Waals surface area contributed by atoms with Gasteiger partial charge in [-0.15, -0.1) is 10.2 Å². The van der Waals surface area contributed by atoms with E-state index in [0.717, 1.165) is 25.5 Å². The van der Waals surface area contributed by atoms with Crippen LogP contribution < -0.4 is 4.74 Å². The summed E-state index contributed by atoms with van der Waals surface area (Å²) in [6.07, 6.45) is -5.95. The smallest absolute Gasteiger partial charge is 0.427 e. The van der Waals surface area contributed by atoms with E-state index in [2.05, 4.69) is 31.6 Å². The SMILES string of the molecule is C=N/C(=C\n1c(C)nnc1C(F)(F)OC)c1ccc(OC(C)(C)C(F)(F)F)nc1. The lowest BCUT2D eigenvalue weighted by Crippen LogP contribution is -2.44. The van der Waals surface area contributed by atoms with Gasteiger partial charge < -0.3 is 9.47 Å². The van der Waals surface area contributed by atoms with Crippen molar-refractivity contribution >= 4 is 18.6 Å². The fraction of sp³-hybridized carbons (Fsp3) is 0.412. The predicted octanol–water partition coefficient (Wildman–Crippen LogP) is 4.05. The van der Waals surface area contributed by atoms with Crippen molar-refractivity contribution in [1.82, 2.24) is 19.7 Å². The van der Waals surface area contributed by atoms with Crippen LogP contribution in [-0.4, -0.2) is 45.4 Å². The van der Waals surface area contributed by atoms with Crippen LogP contribution in [-0.2, 0) is 10.8 Å². The normalized spacial score (nSPS) is 13.5. The molecule has 0 aliphatic heterocycles. The minimum atomic E-state index is -4.60. The minimum Gasteiger partial charge on any atom is -0.462 e. The zero-order valence-electron chi connectivity index (χ0n) is 16.0. The standard InChI is InChI=1S/C17H18F5N5O2/c1-10-25-26-14(16(18,19)28-5)27(10)9-12(23-4)11-6-7-13(24-8-11)29-15(2,3)17(20,21)22/h6-9H,4H2,1-3,5H3/b12-9-. The number of ether oxygens (including phenoxy) is 2. The van der Waals surface area contributed by atoms with E-state index >= 15 is 0 Å². The average molecular weight is 419 g/mol. The number of hydrogen-bond acceptors (Lipinski definition) is 6. The number of alkyl halides is 5. The van der Waals surface area contributed by atoms with Crippen LogP contribution >= 0.6 is 0 Å². The summed E-state index contributed by atoms with van der Waals surface area (Å²) in [5.41, 5.74) is -2.07. The summed E-state index contributed by atoms with van der Waals surface area (Å²) in [7, 11) is 0.815. The molecule has 0 N–H and O–H groups in total. The fourth-order valence-electron chi connectivity index (χ4n) is 2.05. The molecule has 2 aromatic rings. The van der Waals surface area contributed by atoms with Crippen LogP contribution in [0.25, 0.3) is 11.9 Å². The van der Waals surface area contributed by atoms with E-state index in [1.807, 2.05) is 0 Å². The molecule has 0 fully saturated rings. The van der Waals surface area contributed by atoms with Gasteiger partial charge in [-0.25, -0.2) is 4.98 Å². The second-order valence-corrected chi connectivity index (χ2v) is 6.33. The summed E-state index contributed by atoms with van der Waals surface area (Å²) in [6, 6.07) is 2.56. The molecule has 0 aliphatic carbocycles. The van der Waals surface area contributed by atoms with E-state index in [0.29, 0.717) is 0 Å². The number of methoxy groups -OCH3 is 1. The van der Waals surface area contributed by atoms with E-state index < -0.39 is 23.7 Å². The van der Waals surface area contributed by atoms with Gasteiger partial charge >= 0.3 is 12.3 Å². The van der Waals surface area contributed by atoms with Gasteiger partial charge in [0, 0.05) is 31.1 Å². The Kier molecular flexibility index (Phi) is 6.07. The average Bonchev–Trinajstić information content (AvgIpc) is 3.00. The summed E-state index contributed by atoms with van der Waals surface area (Å²) in [5.74, 6) is -0.928. The molecule has 0 amide bonds. The van der Waals surface area contributed by atoms with Crippen LogP contribution in [0.4, 0.5) is 22.0 Å². The van der Waals surface area contributed by atoms with E-state index in [4.69, 9.17) is 4.74 Å². The van der Waals surface area contributed by atoms with Crippen molar-refractivity contribution in [2.24, 2.45) is 4.99 Å². The molecule has 158 valence electrons. The minimum absolute atomic E-state index is 0.0928. The van der Waals surface area contributed by atoms with Crippen molar-refractivity contribution in [3.05, 3.63) is 35.5 Å². The maximum absolute atomic E-state index is 13.9. The van der Waals surface area contributed by atoms with Crippen LogP contribution in [0.5, 0.6) is 5.88 Å². The van der Waals surface area contributed by atoms with E-state index in [-0.39, 0.29) is 23.0 Å². The number of aryl methyl sites for hydroxylation is 1. The summed E-state index contributed by atoms with van der Waals surface area (Å²) >= 11 is 0. The summed E-state index contributed by atoms with van der Waals surface area (Å²) in [4.78, 5) is 7.58. The van der Waals surface area contributed by atoms with Crippen molar-refractivity contribution in [3.63, 3.8) is 0 Å². The third kappa shape index (κ3) is 4.75. The van der Waals surface area contributed by atoms with Crippen LogP contribution in [0.3, 0.4) is 0 Å². The molecule has 0 spiro atoms. The molecule has 7 nitrogen and oxygen atoms in total. The lowest BCUT2D eigenvalue weighted by Gasteiger charge is -2.28. The van der Waals surface area contributed by atoms with Gasteiger partial charge in [-0.2, -0.15) is 22.0 Å². The molecule has 12 heteroatoms. The molecule has 2 heterocycles. The van der Waals surface area contributed by atoms with Crippen LogP contribution in [0, 0.1) is 6.92 Å². The number of aromatic nitrogens is 4. The van der Waals surface area contributed by atoms with Gasteiger partial charge in [0.25, 0.3) is 0 Å². The number of aliphatic imine (C=N–C) groups is 1. The lowest BCUT2D eigenvalue weighted by atomic mass is 10.1. The van der Waals surface area contributed by atoms with Gasteiger partial charge in [0.2, 0.25) is 11.7 Å². The lowest BCUT2D eigenvalue weighted by molar-refractivity contribution is -0.238. The highest BCUT2D eigenvalue weighted by Gasteiger charge is 2.50. The van der Waals surface area contributed by atoms with Gasteiger partial charge in [0.15, 0.2) is 5.60 Å². The van der Waals surface area contributed by atoms with Gasteiger partial charge in [-0.05, 0) is 33.6 Å². The molecule has 0 unspecified atom stereocenters. The summed E-state index contributed by atoms with van der Waals surface area (Å²) < 4.78 is 76.5. The summed E-state index contributed by atoms with van der Waals surface area (Å²) in [5, 5.41) is 7.00. The highest BCUT2D eigenvalue weighted by atomic mass is 19.4. The van der Waals surface area contributed by atoms with E-state index in [1.165, 1.54) is 31.5 Å². The third-order valence-electron chi connectivity index (χ3n) is 3.88. The Morgan fingerprint density at radius 2 is 1.83 bits per heavy atom. The summed E-state index contributed by atoms with van der Waals surface area (Å²) in [6.45, 7) is 6.55. The van der Waals surface area contributed by atoms with E-state index in [9.17, 15) is 22.0 Å². The highest BCUT2D eigenvalue weighted by molar-refractivity contribution is 5.76. The number of rotatable bonds is 7. The molecule has 29 heavy (non-hydrogen) atoms. The number of halogens is 5. The Bertz CT molecular complexity index is 904. The maximum Gasteiger partial charge on any atom is 0.427 e. The Hall–Kier alpha value is -2.89. The Morgan fingerprint density at radius 1 is 1.17 bits per heavy atom. The first-order valence-electron chi connectivity index (χ1n) is 8.08. The monoisotopic (exact) mass is 419 g/mol. The van der Waals surface area contributed by atoms with Crippen molar-refractivity contribution in [2.45, 2.75) is 38.7 Å². The molecule has 2 aromatic heterocycles. The first-order valence-corrected chi connectivity index (χ1v) is 8.08. The van der Waals surface area contributed by atoms with Gasteiger partial charge in [0.05, 0.1) is 5.70 Å². The van der Waals surface area contributed by atoms with Crippen molar-refractivity contribution in [1.29, 1.82) is 0 Å². The van der Waals surface area contributed by atoms with Crippen LogP contribution in [0.1, 0.15) is 31.1 Å². The zero-order valence-corrected chi connectivity index (χ0v) is 16.0. The van der Waals surface area contributed by atoms with Crippen LogP contribution in [0.2, 0.25) is 0 Å². The van der Waals surface area contributed by atoms with Gasteiger partial charge in [0.1, 0.15) is 5.82 Å². The van der Waals surface area contributed by atoms with Crippen LogP contribution in [0.15, 0.2) is 23.3 Å². The molecule has 0 bridgehead atoms. The molecule has 0 aliphatic rings. The van der Waals surface area contributed by atoms with Gasteiger partial charge in [-0.3, -0.25) is 9.56 Å². The Labute approximate surface area is 162 Å². The molecular weight excluding hydrogens is 401 g/mol. The Morgan fingerprint density at radius 3 is 2.31 bits per heavy atom. The third-order valence-corrected chi connectivity index (χ3v) is 3.88. The molecule has 0 atom stereocenters. The topological polar surface area (TPSA) is 74.4 Å². The first kappa shape index (κ1) is 22.4. The molecular formula is C17H18F5N5O2. The molecule has 2 rings (SSSR count). The largest absolute Gasteiger partial charge is 0.462 e. The number of nitrogens with zero attached hydrogens (tertiary/aromatic N) is 5. The zero-order chi connectivity index (χ0) is 22.0. The van der Waals surface area contributed by atoms with Gasteiger partial charge in [-0.1, -0.05) is 0 Å². The predicted molar refractivity (Wildman–Crippen MR) is 94.4 cm³/mol. The quantitative estimate of drug-likeness (QED) is 0.500. The maximum atomic E-state index is 13.9. The molecule has 0 saturated carbocycles. The molecule has 0 saturated heterocycles. The Balaban J connectivity index is 2.37. The number of hydrogen-bond donors (Lipinski definition) is 0. The van der Waals surface area contributed by atoms with Crippen molar-refractivity contribution in [3.8, 4) is 5.88 Å². The molecule has 0 aromatic carbocycles. The van der Waals surface area contributed by atoms with Crippen molar-refractivity contribution in [2.75, 3.05) is 7.11 Å². The second kappa shape index (κ2) is 7.85.